The van der Waals surface area contributed by atoms with E-state index in [9.17, 15) is 0 Å². The Kier molecular flexibility index (Phi) is 1.41. The second kappa shape index (κ2) is 2.10. The van der Waals surface area contributed by atoms with E-state index in [0.29, 0.717) is 17.1 Å². The van der Waals surface area contributed by atoms with Crippen LogP contribution in [0, 0.1) is 6.92 Å². The van der Waals surface area contributed by atoms with Gasteiger partial charge in [-0.2, -0.15) is 0 Å². The van der Waals surface area contributed by atoms with Crippen LogP contribution in [-0.2, 0) is 0 Å². The highest BCUT2D eigenvalue weighted by Crippen LogP contribution is 2.23. The van der Waals surface area contributed by atoms with Crippen molar-refractivity contribution in [2.75, 3.05) is 17.2 Å². The van der Waals surface area contributed by atoms with Crippen molar-refractivity contribution < 1.29 is 0 Å². The van der Waals surface area contributed by atoms with Gasteiger partial charge in [0.25, 0.3) is 0 Å². The first-order chi connectivity index (χ1) is 4.61. The maximum absolute atomic E-state index is 5.52. The molecule has 0 amide bonds. The van der Waals surface area contributed by atoms with Gasteiger partial charge in [0.15, 0.2) is 0 Å². The molecule has 3 nitrogen and oxygen atoms in total. The van der Waals surface area contributed by atoms with E-state index < -0.39 is 0 Å². The molecule has 0 aromatic heterocycles. The van der Waals surface area contributed by atoms with Gasteiger partial charge in [0.05, 0.1) is 17.1 Å². The summed E-state index contributed by atoms with van der Waals surface area (Å²) >= 11 is 0. The molecule has 0 heterocycles. The van der Waals surface area contributed by atoms with Gasteiger partial charge >= 0.3 is 0 Å². The zero-order chi connectivity index (χ0) is 7.72. The Bertz CT molecular complexity index is 232. The van der Waals surface area contributed by atoms with Crippen LogP contribution in [-0.4, -0.2) is 0 Å². The minimum Gasteiger partial charge on any atom is -0.397 e. The van der Waals surface area contributed by atoms with Crippen molar-refractivity contribution in [2.45, 2.75) is 6.92 Å². The minimum absolute atomic E-state index is 0.477. The van der Waals surface area contributed by atoms with Crippen LogP contribution in [0.15, 0.2) is 12.1 Å². The van der Waals surface area contributed by atoms with E-state index >= 15 is 0 Å². The molecule has 6 N–H and O–H groups in total. The van der Waals surface area contributed by atoms with E-state index in [4.69, 9.17) is 17.2 Å². The van der Waals surface area contributed by atoms with Crippen LogP contribution in [0.1, 0.15) is 5.56 Å². The molecule has 0 radical (unpaired) electrons. The Morgan fingerprint density at radius 1 is 1.00 bits per heavy atom. The second-order valence-electron chi connectivity index (χ2n) is 2.36. The molecule has 1 aromatic rings. The summed E-state index contributed by atoms with van der Waals surface area (Å²) < 4.78 is 0. The normalized spacial score (nSPS) is 9.70. The van der Waals surface area contributed by atoms with E-state index in [0.717, 1.165) is 5.56 Å². The quantitative estimate of drug-likeness (QED) is 0.461. The van der Waals surface area contributed by atoms with Crippen LogP contribution in [0.25, 0.3) is 0 Å². The number of benzene rings is 1. The van der Waals surface area contributed by atoms with Crippen LogP contribution in [0.2, 0.25) is 0 Å². The van der Waals surface area contributed by atoms with Crippen molar-refractivity contribution in [3.05, 3.63) is 17.7 Å². The van der Waals surface area contributed by atoms with Gasteiger partial charge in [-0.15, -0.1) is 0 Å². The molecular formula is C7H11N3. The van der Waals surface area contributed by atoms with Crippen molar-refractivity contribution in [2.24, 2.45) is 0 Å². The van der Waals surface area contributed by atoms with Crippen molar-refractivity contribution in [1.82, 2.24) is 0 Å². The third kappa shape index (κ3) is 0.978. The van der Waals surface area contributed by atoms with Crippen LogP contribution < -0.4 is 17.2 Å². The summed E-state index contributed by atoms with van der Waals surface area (Å²) in [6.45, 7) is 1.92. The lowest BCUT2D eigenvalue weighted by molar-refractivity contribution is 1.47. The fourth-order valence-corrected chi connectivity index (χ4v) is 0.854. The zero-order valence-electron chi connectivity index (χ0n) is 5.89. The van der Waals surface area contributed by atoms with Crippen molar-refractivity contribution in [3.63, 3.8) is 0 Å². The number of anilines is 3. The minimum atomic E-state index is 0.477. The molecule has 1 aromatic carbocycles. The van der Waals surface area contributed by atoms with Gasteiger partial charge in [0.2, 0.25) is 0 Å². The maximum atomic E-state index is 5.52. The molecule has 0 aliphatic rings. The lowest BCUT2D eigenvalue weighted by Crippen LogP contribution is -2.00. The molecule has 10 heavy (non-hydrogen) atoms. The molecule has 0 bridgehead atoms. The Morgan fingerprint density at radius 2 is 1.40 bits per heavy atom. The molecule has 0 aliphatic heterocycles. The largest absolute Gasteiger partial charge is 0.397 e. The standard InChI is InChI=1S/C7H11N3/c1-4-2-5(8)7(10)6(9)3-4/h2-3H,8-10H2,1H3. The molecule has 0 spiro atoms. The average molecular weight is 137 g/mol. The summed E-state index contributed by atoms with van der Waals surface area (Å²) in [6.07, 6.45) is 0. The first kappa shape index (κ1) is 6.74. The van der Waals surface area contributed by atoms with Crippen molar-refractivity contribution in [3.8, 4) is 0 Å². The van der Waals surface area contributed by atoms with Gasteiger partial charge in [0, 0.05) is 0 Å². The number of aryl methyl sites for hydroxylation is 1. The average Bonchev–Trinajstić information content (AvgIpc) is 1.82. The molecule has 0 saturated carbocycles. The second-order valence-corrected chi connectivity index (χ2v) is 2.36. The van der Waals surface area contributed by atoms with Crippen molar-refractivity contribution >= 4 is 17.1 Å². The molecule has 0 atom stereocenters. The smallest absolute Gasteiger partial charge is 0.0781 e. The molecule has 54 valence electrons. The highest BCUT2D eigenvalue weighted by Gasteiger charge is 1.98. The lowest BCUT2D eigenvalue weighted by Gasteiger charge is -2.04. The van der Waals surface area contributed by atoms with E-state index in [1.54, 1.807) is 12.1 Å². The van der Waals surface area contributed by atoms with Crippen molar-refractivity contribution in [1.29, 1.82) is 0 Å². The molecule has 3 heteroatoms. The van der Waals surface area contributed by atoms with Crippen LogP contribution >= 0.6 is 0 Å². The van der Waals surface area contributed by atoms with Gasteiger partial charge in [0.1, 0.15) is 0 Å². The Labute approximate surface area is 59.8 Å². The molecular weight excluding hydrogens is 126 g/mol. The summed E-state index contributed by atoms with van der Waals surface area (Å²) in [6, 6.07) is 3.59. The van der Waals surface area contributed by atoms with E-state index in [1.165, 1.54) is 0 Å². The van der Waals surface area contributed by atoms with Crippen LogP contribution in [0.3, 0.4) is 0 Å². The van der Waals surface area contributed by atoms with Crippen LogP contribution in [0.4, 0.5) is 17.1 Å². The number of rotatable bonds is 0. The molecule has 0 aliphatic carbocycles. The maximum Gasteiger partial charge on any atom is 0.0781 e. The third-order valence-corrected chi connectivity index (χ3v) is 1.39. The Hall–Kier alpha value is -1.38. The lowest BCUT2D eigenvalue weighted by atomic mass is 10.1. The van der Waals surface area contributed by atoms with Gasteiger partial charge in [-0.3, -0.25) is 0 Å². The van der Waals surface area contributed by atoms with E-state index in [2.05, 4.69) is 0 Å². The first-order valence-electron chi connectivity index (χ1n) is 3.02. The molecule has 1 rings (SSSR count). The number of nitrogens with two attached hydrogens (primary N) is 3. The van der Waals surface area contributed by atoms with Crippen LogP contribution in [0.5, 0.6) is 0 Å². The summed E-state index contributed by atoms with van der Waals surface area (Å²) in [7, 11) is 0. The zero-order valence-corrected chi connectivity index (χ0v) is 5.89. The molecule has 0 fully saturated rings. The van der Waals surface area contributed by atoms with Gasteiger partial charge in [-0.05, 0) is 24.6 Å². The fourth-order valence-electron chi connectivity index (χ4n) is 0.854. The predicted molar refractivity (Wildman–Crippen MR) is 44.4 cm³/mol. The Balaban J connectivity index is 3.31. The molecule has 0 saturated heterocycles. The van der Waals surface area contributed by atoms with Gasteiger partial charge in [-0.1, -0.05) is 0 Å². The molecule has 0 unspecified atom stereocenters. The van der Waals surface area contributed by atoms with Gasteiger partial charge in [-0.25, -0.2) is 0 Å². The topological polar surface area (TPSA) is 78.1 Å². The predicted octanol–water partition coefficient (Wildman–Crippen LogP) is 0.742. The first-order valence-corrected chi connectivity index (χ1v) is 3.02. The number of hydrogen-bond acceptors (Lipinski definition) is 3. The monoisotopic (exact) mass is 137 g/mol. The number of nitrogen functional groups attached to an aromatic ring is 3. The highest BCUT2D eigenvalue weighted by atomic mass is 14.7. The summed E-state index contributed by atoms with van der Waals surface area (Å²) in [5.41, 5.74) is 19.1. The van der Waals surface area contributed by atoms with E-state index in [-0.39, 0.29) is 0 Å². The fraction of sp³-hybridized carbons (Fsp3) is 0.143. The Morgan fingerprint density at radius 3 is 1.80 bits per heavy atom. The van der Waals surface area contributed by atoms with E-state index in [1.807, 2.05) is 6.92 Å². The number of hydrogen-bond donors (Lipinski definition) is 3. The SMILES string of the molecule is Cc1cc(N)c(N)c(N)c1. The summed E-state index contributed by atoms with van der Waals surface area (Å²) in [5.74, 6) is 0. The summed E-state index contributed by atoms with van der Waals surface area (Å²) in [4.78, 5) is 0. The highest BCUT2D eigenvalue weighted by molar-refractivity contribution is 5.77. The third-order valence-electron chi connectivity index (χ3n) is 1.39. The van der Waals surface area contributed by atoms with Gasteiger partial charge < -0.3 is 17.2 Å². The summed E-state index contributed by atoms with van der Waals surface area (Å²) in [5, 5.41) is 0.